The summed E-state index contributed by atoms with van der Waals surface area (Å²) in [5.41, 5.74) is 4.02. The number of rotatable bonds is 27. The van der Waals surface area contributed by atoms with Gasteiger partial charge in [-0.25, -0.2) is 4.99 Å². The number of hydrogen-bond acceptors (Lipinski definition) is 10. The molecule has 16 heteroatoms. The van der Waals surface area contributed by atoms with Crippen molar-refractivity contribution < 1.29 is 32.7 Å². The number of carbonyl (C=O) groups is 3. The molecule has 0 aromatic heterocycles. The Morgan fingerprint density at radius 3 is 1.87 bits per heavy atom. The number of amides is 3. The fourth-order valence-electron chi connectivity index (χ4n) is 7.22. The average molecular weight is 1010 g/mol. The molecule has 0 bridgehead atoms. The topological polar surface area (TPSA) is 134 Å². The maximum atomic E-state index is 14.0. The Kier molecular flexibility index (Phi) is 22.7. The van der Waals surface area contributed by atoms with E-state index in [0.717, 1.165) is 54.8 Å². The van der Waals surface area contributed by atoms with E-state index < -0.39 is 16.6 Å². The number of ether oxygens (including phenoxy) is 2. The number of unbranched alkanes of at least 4 members (excludes halogenated alkanes) is 3. The minimum atomic E-state index is -2.05. The third-order valence-corrected chi connectivity index (χ3v) is 23.2. The van der Waals surface area contributed by atoms with Gasteiger partial charge in [-0.15, -0.1) is 11.6 Å². The number of benzene rings is 2. The molecule has 0 saturated heterocycles. The van der Waals surface area contributed by atoms with Gasteiger partial charge in [0.15, 0.2) is 16.6 Å². The fraction of sp³-hybridized carbons (Fsp3) is 0.623. The lowest BCUT2D eigenvalue weighted by atomic mass is 9.85. The largest absolute Gasteiger partial charge is 0.399 e. The van der Waals surface area contributed by atoms with E-state index >= 15 is 0 Å². The van der Waals surface area contributed by atoms with Gasteiger partial charge in [0.25, 0.3) is 5.91 Å². The van der Waals surface area contributed by atoms with Crippen LogP contribution in [0.15, 0.2) is 65.3 Å². The molecule has 0 spiro atoms. The van der Waals surface area contributed by atoms with E-state index in [2.05, 4.69) is 95.4 Å². The van der Waals surface area contributed by atoms with Gasteiger partial charge < -0.3 is 38.8 Å². The number of aliphatic imine (C=N–C) groups is 1. The second-order valence-electron chi connectivity index (χ2n) is 21.6. The second-order valence-corrected chi connectivity index (χ2v) is 31.6. The van der Waals surface area contributed by atoms with E-state index in [0.29, 0.717) is 77.2 Å². The number of hydrogen-bond donors (Lipinski definition) is 2. The molecule has 2 aromatic rings. The molecular weight excluding hydrogens is 924 g/mol. The number of amidine groups is 1. The van der Waals surface area contributed by atoms with Gasteiger partial charge in [0.2, 0.25) is 11.8 Å². The third-order valence-electron chi connectivity index (χ3n) is 14.0. The van der Waals surface area contributed by atoms with Crippen molar-refractivity contribution in [2.24, 2.45) is 10.9 Å². The van der Waals surface area contributed by atoms with Crippen molar-refractivity contribution in [1.29, 1.82) is 0 Å². The Morgan fingerprint density at radius 1 is 0.754 bits per heavy atom. The lowest BCUT2D eigenvalue weighted by Gasteiger charge is -2.41. The molecule has 1 fully saturated rings. The van der Waals surface area contributed by atoms with E-state index in [-0.39, 0.29) is 52.0 Å². The van der Waals surface area contributed by atoms with Crippen LogP contribution in [-0.2, 0) is 32.7 Å². The number of nitrogens with zero attached hydrogens (tertiary/aromatic N) is 4. The molecule has 2 aliphatic rings. The van der Waals surface area contributed by atoms with Gasteiger partial charge in [-0.1, -0.05) is 84.7 Å². The Morgan fingerprint density at radius 2 is 1.30 bits per heavy atom. The van der Waals surface area contributed by atoms with E-state index in [1.54, 1.807) is 12.2 Å². The normalized spacial score (nSPS) is 17.7. The molecule has 2 N–H and O–H groups in total. The van der Waals surface area contributed by atoms with Gasteiger partial charge in [0.1, 0.15) is 31.5 Å². The van der Waals surface area contributed by atoms with Crippen LogP contribution in [0.2, 0.25) is 36.3 Å². The molecular formula is C53H85ClN6O7Si2. The molecule has 4 rings (SSSR count). The predicted molar refractivity (Wildman–Crippen MR) is 290 cm³/mol. The summed E-state index contributed by atoms with van der Waals surface area (Å²) in [5.74, 6) is 0.370. The molecule has 2 aromatic carbocycles. The molecule has 1 aliphatic heterocycles. The molecule has 384 valence electrons. The van der Waals surface area contributed by atoms with Crippen molar-refractivity contribution in [3.63, 3.8) is 0 Å². The quantitative estimate of drug-likeness (QED) is 0.0295. The van der Waals surface area contributed by atoms with Crippen LogP contribution < -0.4 is 20.4 Å². The zero-order valence-corrected chi connectivity index (χ0v) is 46.8. The lowest BCUT2D eigenvalue weighted by Crippen LogP contribution is -2.47. The minimum Gasteiger partial charge on any atom is -0.399 e. The van der Waals surface area contributed by atoms with Gasteiger partial charge in [0, 0.05) is 56.5 Å². The monoisotopic (exact) mass is 1010 g/mol. The van der Waals surface area contributed by atoms with Crippen LogP contribution in [0.1, 0.15) is 104 Å². The first kappa shape index (κ1) is 57.7. The van der Waals surface area contributed by atoms with Crippen LogP contribution in [0.25, 0.3) is 12.2 Å². The van der Waals surface area contributed by atoms with Gasteiger partial charge in [-0.2, -0.15) is 0 Å². The van der Waals surface area contributed by atoms with Crippen LogP contribution in [0.5, 0.6) is 0 Å². The highest BCUT2D eigenvalue weighted by Crippen LogP contribution is 2.38. The molecule has 0 radical (unpaired) electrons. The van der Waals surface area contributed by atoms with Crippen molar-refractivity contribution >= 4 is 75.3 Å². The molecule has 3 amide bonds. The summed E-state index contributed by atoms with van der Waals surface area (Å²) >= 11 is 5.72. The van der Waals surface area contributed by atoms with Gasteiger partial charge in [0.05, 0.1) is 19.8 Å². The summed E-state index contributed by atoms with van der Waals surface area (Å²) in [5, 5.41) is 6.27. The zero-order valence-electron chi connectivity index (χ0n) is 44.1. The molecule has 1 aliphatic carbocycles. The van der Waals surface area contributed by atoms with Gasteiger partial charge in [-0.05, 0) is 122 Å². The highest BCUT2D eigenvalue weighted by atomic mass is 35.5. The lowest BCUT2D eigenvalue weighted by molar-refractivity contribution is -0.129. The predicted octanol–water partition coefficient (Wildman–Crippen LogP) is 10.4. The van der Waals surface area contributed by atoms with Crippen LogP contribution in [0.4, 0.5) is 11.4 Å². The van der Waals surface area contributed by atoms with Crippen LogP contribution in [0.3, 0.4) is 0 Å². The molecule has 69 heavy (non-hydrogen) atoms. The Hall–Kier alpha value is -3.84. The maximum absolute atomic E-state index is 14.0. The first-order valence-corrected chi connectivity index (χ1v) is 31.4. The van der Waals surface area contributed by atoms with Crippen molar-refractivity contribution in [3.05, 3.63) is 71.4 Å². The Bertz CT molecular complexity index is 1990. The van der Waals surface area contributed by atoms with Crippen LogP contribution >= 0.6 is 11.6 Å². The average Bonchev–Trinajstić information content (AvgIpc) is 3.57. The summed E-state index contributed by atoms with van der Waals surface area (Å²) in [6.07, 6.45) is 12.5. The van der Waals surface area contributed by atoms with Gasteiger partial charge >= 0.3 is 0 Å². The van der Waals surface area contributed by atoms with E-state index in [1.807, 2.05) is 61.5 Å². The van der Waals surface area contributed by atoms with Crippen LogP contribution in [0, 0.1) is 5.92 Å². The fourth-order valence-corrected chi connectivity index (χ4v) is 9.23. The molecule has 13 nitrogen and oxygen atoms in total. The molecule has 1 heterocycles. The van der Waals surface area contributed by atoms with Gasteiger partial charge in [-0.3, -0.25) is 19.3 Å². The van der Waals surface area contributed by atoms with Crippen LogP contribution in [-0.4, -0.2) is 124 Å². The maximum Gasteiger partial charge on any atom is 0.278 e. The van der Waals surface area contributed by atoms with Crippen molar-refractivity contribution in [2.75, 3.05) is 82.8 Å². The summed E-state index contributed by atoms with van der Waals surface area (Å²) in [7, 11) is -0.135. The highest BCUT2D eigenvalue weighted by Gasteiger charge is 2.40. The van der Waals surface area contributed by atoms with Crippen molar-refractivity contribution in [2.45, 2.75) is 135 Å². The minimum absolute atomic E-state index is 0.0147. The second kappa shape index (κ2) is 27.1. The number of nitrogens with one attached hydrogen (secondary N) is 2. The Balaban J connectivity index is 1.38. The van der Waals surface area contributed by atoms with E-state index in [1.165, 1.54) is 4.90 Å². The van der Waals surface area contributed by atoms with E-state index in [9.17, 15) is 14.4 Å². The first-order chi connectivity index (χ1) is 32.5. The number of carbonyl (C=O) groups excluding carboxylic acids is 3. The van der Waals surface area contributed by atoms with Crippen molar-refractivity contribution in [1.82, 2.24) is 15.5 Å². The Labute approximate surface area is 422 Å². The standard InChI is InChI=1S/C53H85ClN6O7Si2/c1-52(2,3)68(9,10)66-39-59(40-67-69(11,12)53(4,5)6)46-28-17-41(18-29-46)21-30-48-57-47(37-42-19-26-45(27-20-42)58(7)8)51(63)60(48)38-49(61)56-44-24-22-43(23-25-44)50(62)55-32-34-65-36-35-64-33-16-14-13-15-31-54/h17-21,26-30,37,43-44H,13-16,22-25,31-36,38-40H2,1-12H3,(H,55,62)(H,56,61)/b30-21+,47-37-. The number of alkyl halides is 1. The number of anilines is 2. The summed E-state index contributed by atoms with van der Waals surface area (Å²) in [4.78, 5) is 51.0. The van der Waals surface area contributed by atoms with E-state index in [4.69, 9.17) is 34.9 Å². The zero-order chi connectivity index (χ0) is 50.8. The highest BCUT2D eigenvalue weighted by molar-refractivity contribution is 6.74. The summed E-state index contributed by atoms with van der Waals surface area (Å²) in [6, 6.07) is 16.0. The summed E-state index contributed by atoms with van der Waals surface area (Å²) in [6.45, 7) is 25.8. The first-order valence-electron chi connectivity index (χ1n) is 25.0. The molecule has 0 unspecified atom stereocenters. The SMILES string of the molecule is CN(C)c1ccc(/C=C2N=C(/C=C/c3ccc(N(CO[Si](C)(C)C(C)(C)C)CO[Si](C)(C)C(C)(C)C)cc3)N(CC(=O)NC3CCC(C(=O)NCCOCCOCCCCCCCl)CC3)C\2=O)cc1. The summed E-state index contributed by atoms with van der Waals surface area (Å²) < 4.78 is 24.6. The van der Waals surface area contributed by atoms with Crippen molar-refractivity contribution in [3.8, 4) is 0 Å². The third kappa shape index (κ3) is 18.7. The number of halogens is 1. The molecule has 0 atom stereocenters. The smallest absolute Gasteiger partial charge is 0.278 e. The molecule has 1 saturated carbocycles.